The topological polar surface area (TPSA) is 38.8 Å². The molecule has 150 valence electrons. The first-order chi connectivity index (χ1) is 13.3. The number of carbonyl (C=O) groups is 1. The van der Waals surface area contributed by atoms with E-state index in [2.05, 4.69) is 0 Å². The molecule has 0 radical (unpaired) electrons. The molecule has 4 nitrogen and oxygen atoms in total. The summed E-state index contributed by atoms with van der Waals surface area (Å²) in [7, 11) is 0. The van der Waals surface area contributed by atoms with Gasteiger partial charge in [0.25, 0.3) is 0 Å². The van der Waals surface area contributed by atoms with Crippen LogP contribution in [-0.2, 0) is 10.2 Å². The van der Waals surface area contributed by atoms with Gasteiger partial charge in [0.15, 0.2) is 0 Å². The minimum Gasteiger partial charge on any atom is -0.489 e. The van der Waals surface area contributed by atoms with Gasteiger partial charge in [0.1, 0.15) is 28.6 Å². The molecule has 1 amide bonds. The van der Waals surface area contributed by atoms with Gasteiger partial charge in [-0.25, -0.2) is 0 Å². The molecule has 0 heterocycles. The van der Waals surface area contributed by atoms with Crippen molar-refractivity contribution >= 4 is 5.91 Å². The maximum Gasteiger partial charge on any atom is 0.237 e. The maximum atomic E-state index is 13.3. The lowest BCUT2D eigenvalue weighted by Gasteiger charge is -2.26. The largest absolute Gasteiger partial charge is 0.489 e. The molecule has 1 fully saturated rings. The molecule has 2 aromatic carbocycles. The maximum absolute atomic E-state index is 13.3. The first-order valence-corrected chi connectivity index (χ1v) is 10.1. The van der Waals surface area contributed by atoms with Crippen LogP contribution in [0.1, 0.15) is 46.6 Å². The van der Waals surface area contributed by atoms with Gasteiger partial charge in [-0.3, -0.25) is 4.79 Å². The van der Waals surface area contributed by atoms with Gasteiger partial charge in [-0.15, -0.1) is 0 Å². The van der Waals surface area contributed by atoms with Crippen LogP contribution in [0.5, 0.6) is 11.5 Å². The molecule has 4 heteroatoms. The van der Waals surface area contributed by atoms with Crippen molar-refractivity contribution in [1.29, 1.82) is 0 Å². The monoisotopic (exact) mass is 381 g/mol. The van der Waals surface area contributed by atoms with Gasteiger partial charge >= 0.3 is 0 Å². The molecule has 3 rings (SSSR count). The first-order valence-electron chi connectivity index (χ1n) is 10.1. The predicted octanol–water partition coefficient (Wildman–Crippen LogP) is 4.82. The molecule has 0 aromatic heterocycles. The van der Waals surface area contributed by atoms with E-state index in [0.717, 1.165) is 17.1 Å². The lowest BCUT2D eigenvalue weighted by molar-refractivity contribution is -0.134. The van der Waals surface area contributed by atoms with Crippen LogP contribution < -0.4 is 9.47 Å². The van der Waals surface area contributed by atoms with E-state index in [4.69, 9.17) is 9.47 Å². The van der Waals surface area contributed by atoms with Crippen molar-refractivity contribution in [3.05, 3.63) is 60.2 Å². The average molecular weight is 382 g/mol. The van der Waals surface area contributed by atoms with Crippen LogP contribution >= 0.6 is 0 Å². The van der Waals surface area contributed by atoms with Crippen LogP contribution in [0, 0.1) is 0 Å². The number of ether oxygens (including phenoxy) is 2. The summed E-state index contributed by atoms with van der Waals surface area (Å²) >= 11 is 0. The van der Waals surface area contributed by atoms with Gasteiger partial charge in [0, 0.05) is 19.5 Å². The van der Waals surface area contributed by atoms with Crippen LogP contribution in [-0.4, -0.2) is 35.6 Å². The third-order valence-corrected chi connectivity index (χ3v) is 5.14. The van der Waals surface area contributed by atoms with Gasteiger partial charge in [-0.1, -0.05) is 30.3 Å². The van der Waals surface area contributed by atoms with E-state index in [1.165, 1.54) is 0 Å². The van der Waals surface area contributed by atoms with Gasteiger partial charge < -0.3 is 14.4 Å². The molecule has 0 unspecified atom stereocenters. The normalized spacial score (nSPS) is 21.1. The number of likely N-dealkylation sites (N-methyl/N-ethyl adjacent to an activating group) is 1. The summed E-state index contributed by atoms with van der Waals surface area (Å²) in [6, 6.07) is 17.7. The number of hydrogen-bond donors (Lipinski definition) is 0. The Kier molecular flexibility index (Phi) is 5.69. The van der Waals surface area contributed by atoms with Crippen molar-refractivity contribution in [3.63, 3.8) is 0 Å². The second-order valence-corrected chi connectivity index (χ2v) is 8.31. The molecule has 2 atom stereocenters. The highest BCUT2D eigenvalue weighted by Gasteiger charge is 2.64. The molecule has 1 aliphatic carbocycles. The number of carbonyl (C=O) groups excluding carboxylic acids is 1. The fourth-order valence-electron chi connectivity index (χ4n) is 3.66. The minimum atomic E-state index is -0.589. The van der Waals surface area contributed by atoms with E-state index < -0.39 is 5.41 Å². The first kappa shape index (κ1) is 20.2. The van der Waals surface area contributed by atoms with Crippen molar-refractivity contribution < 1.29 is 14.3 Å². The van der Waals surface area contributed by atoms with E-state index in [9.17, 15) is 4.79 Å². The predicted molar refractivity (Wildman–Crippen MR) is 112 cm³/mol. The van der Waals surface area contributed by atoms with Gasteiger partial charge in [0.05, 0.1) is 0 Å². The quantitative estimate of drug-likeness (QED) is 0.690. The van der Waals surface area contributed by atoms with E-state index in [0.29, 0.717) is 19.5 Å². The second-order valence-electron chi connectivity index (χ2n) is 8.31. The zero-order valence-corrected chi connectivity index (χ0v) is 17.6. The fraction of sp³-hybridized carbons (Fsp3) is 0.458. The SMILES string of the molecule is CCN(CC)C(=O)[C@]1(c2ccccc2)C[C@@H]1Oc1ccc(OC(C)(C)C)cc1. The molecule has 1 aliphatic rings. The van der Waals surface area contributed by atoms with Crippen molar-refractivity contribution in [2.45, 2.75) is 58.2 Å². The number of amides is 1. The summed E-state index contributed by atoms with van der Waals surface area (Å²) < 4.78 is 12.1. The zero-order chi connectivity index (χ0) is 20.4. The Balaban J connectivity index is 1.79. The van der Waals surface area contributed by atoms with Gasteiger partial charge in [0.2, 0.25) is 5.91 Å². The summed E-state index contributed by atoms with van der Waals surface area (Å²) in [6.45, 7) is 11.5. The third-order valence-electron chi connectivity index (χ3n) is 5.14. The van der Waals surface area contributed by atoms with Crippen molar-refractivity contribution in [2.75, 3.05) is 13.1 Å². The van der Waals surface area contributed by atoms with Crippen LogP contribution in [0.4, 0.5) is 0 Å². The molecule has 2 aromatic rings. The van der Waals surface area contributed by atoms with E-state index in [1.807, 2.05) is 94.1 Å². The summed E-state index contributed by atoms with van der Waals surface area (Å²) in [4.78, 5) is 15.2. The van der Waals surface area contributed by atoms with E-state index in [1.54, 1.807) is 0 Å². The Hall–Kier alpha value is -2.49. The fourth-order valence-corrected chi connectivity index (χ4v) is 3.66. The molecule has 0 aliphatic heterocycles. The Morgan fingerprint density at radius 2 is 1.57 bits per heavy atom. The highest BCUT2D eigenvalue weighted by molar-refractivity contribution is 5.93. The Bertz CT molecular complexity index is 791. The number of rotatable bonds is 7. The number of benzene rings is 2. The average Bonchev–Trinajstić information content (AvgIpc) is 3.39. The zero-order valence-electron chi connectivity index (χ0n) is 17.6. The molecule has 0 bridgehead atoms. The van der Waals surface area contributed by atoms with E-state index in [-0.39, 0.29) is 17.6 Å². The smallest absolute Gasteiger partial charge is 0.237 e. The Morgan fingerprint density at radius 3 is 2.11 bits per heavy atom. The summed E-state index contributed by atoms with van der Waals surface area (Å²) in [6.07, 6.45) is 0.546. The Labute approximate surface area is 168 Å². The van der Waals surface area contributed by atoms with Crippen LogP contribution in [0.3, 0.4) is 0 Å². The van der Waals surface area contributed by atoms with Crippen molar-refractivity contribution in [1.82, 2.24) is 4.90 Å². The Morgan fingerprint density at radius 1 is 1.00 bits per heavy atom. The standard InChI is InChI=1S/C24H31NO3/c1-6-25(7-2)22(26)24(18-11-9-8-10-12-18)17-21(24)27-19-13-15-20(16-14-19)28-23(3,4)5/h8-16,21H,6-7,17H2,1-5H3/t21-,24-/m0/s1. The van der Waals surface area contributed by atoms with Gasteiger partial charge in [-0.2, -0.15) is 0 Å². The summed E-state index contributed by atoms with van der Waals surface area (Å²) in [5.41, 5.74) is 0.204. The van der Waals surface area contributed by atoms with Crippen LogP contribution in [0.2, 0.25) is 0 Å². The van der Waals surface area contributed by atoms with Crippen molar-refractivity contribution in [3.8, 4) is 11.5 Å². The lowest BCUT2D eigenvalue weighted by atomic mass is 9.93. The van der Waals surface area contributed by atoms with E-state index >= 15 is 0 Å². The molecule has 0 spiro atoms. The third kappa shape index (κ3) is 4.16. The number of hydrogen-bond acceptors (Lipinski definition) is 3. The molecular formula is C24H31NO3. The molecule has 0 N–H and O–H groups in total. The summed E-state index contributed by atoms with van der Waals surface area (Å²) in [5.74, 6) is 1.72. The minimum absolute atomic E-state index is 0.154. The van der Waals surface area contributed by atoms with Crippen molar-refractivity contribution in [2.24, 2.45) is 0 Å². The second kappa shape index (κ2) is 7.86. The highest BCUT2D eigenvalue weighted by Crippen LogP contribution is 2.52. The van der Waals surface area contributed by atoms with Gasteiger partial charge in [-0.05, 0) is 64.4 Å². The van der Waals surface area contributed by atoms with Crippen LogP contribution in [0.25, 0.3) is 0 Å². The number of nitrogens with zero attached hydrogens (tertiary/aromatic N) is 1. The molecular weight excluding hydrogens is 350 g/mol. The molecule has 28 heavy (non-hydrogen) atoms. The van der Waals surface area contributed by atoms with Crippen LogP contribution in [0.15, 0.2) is 54.6 Å². The lowest BCUT2D eigenvalue weighted by Crippen LogP contribution is -2.41. The molecule has 0 saturated heterocycles. The molecule has 1 saturated carbocycles. The summed E-state index contributed by atoms with van der Waals surface area (Å²) in [5, 5.41) is 0. The highest BCUT2D eigenvalue weighted by atomic mass is 16.5.